The first-order chi connectivity index (χ1) is 23.6. The number of aliphatic hydroxyl groups is 3. The van der Waals surface area contributed by atoms with Crippen molar-refractivity contribution >= 4 is 38.4 Å². The van der Waals surface area contributed by atoms with E-state index in [0.29, 0.717) is 0 Å². The van der Waals surface area contributed by atoms with Crippen LogP contribution in [0.1, 0.15) is 75.3 Å². The maximum Gasteiger partial charge on any atom is 0.341 e. The van der Waals surface area contributed by atoms with Gasteiger partial charge in [-0.05, 0) is 13.0 Å². The van der Waals surface area contributed by atoms with Crippen LogP contribution in [-0.2, 0) is 34.6 Å². The first-order valence-electron chi connectivity index (χ1n) is 15.3. The summed E-state index contributed by atoms with van der Waals surface area (Å²) in [4.78, 5) is 90.6. The lowest BCUT2D eigenvalue weighted by atomic mass is 9.72. The summed E-state index contributed by atoms with van der Waals surface area (Å²) in [7, 11) is -9.69. The number of fused-ring (bicyclic) bond motifs is 3. The SMILES string of the molecule is COc1cccc2c1C(=O)c1c(O)c3c(c(O)c1C2=O)C[C@@](O)(C(=O)CO)C[C@@H]3O[C@H]1C[C@@H](NC(=O)CC(P(=O)(O)O)P(=O)(O)O)[C@H](O)[C@H](C)O1. The Bertz CT molecular complexity index is 1880. The lowest BCUT2D eigenvalue weighted by molar-refractivity contribution is -0.249. The zero-order valence-electron chi connectivity index (χ0n) is 26.8. The van der Waals surface area contributed by atoms with E-state index in [4.69, 9.17) is 14.2 Å². The number of benzene rings is 2. The van der Waals surface area contributed by atoms with Crippen molar-refractivity contribution in [1.29, 1.82) is 0 Å². The van der Waals surface area contributed by atoms with Crippen molar-refractivity contribution in [3.8, 4) is 17.2 Å². The van der Waals surface area contributed by atoms with Gasteiger partial charge in [0, 0.05) is 36.0 Å². The van der Waals surface area contributed by atoms with Gasteiger partial charge in [0.1, 0.15) is 35.6 Å². The Balaban J connectivity index is 1.53. The van der Waals surface area contributed by atoms with Crippen LogP contribution in [0.4, 0.5) is 0 Å². The lowest BCUT2D eigenvalue weighted by Gasteiger charge is -2.43. The number of phenolic OH excluding ortho intramolecular Hbond substituents is 2. The summed E-state index contributed by atoms with van der Waals surface area (Å²) < 4.78 is 40.4. The number of rotatable bonds is 10. The molecule has 0 radical (unpaired) electrons. The van der Waals surface area contributed by atoms with Crippen molar-refractivity contribution in [2.75, 3.05) is 13.7 Å². The minimum Gasteiger partial charge on any atom is -0.507 e. The van der Waals surface area contributed by atoms with Gasteiger partial charge in [-0.2, -0.15) is 0 Å². The molecule has 2 aliphatic carbocycles. The Hall–Kier alpha value is -3.58. The van der Waals surface area contributed by atoms with Crippen molar-refractivity contribution in [3.05, 3.63) is 51.6 Å². The number of aromatic hydroxyl groups is 2. The Morgan fingerprint density at radius 1 is 1.04 bits per heavy atom. The Morgan fingerprint density at radius 3 is 2.25 bits per heavy atom. The summed E-state index contributed by atoms with van der Waals surface area (Å²) in [5, 5.41) is 54.5. The summed E-state index contributed by atoms with van der Waals surface area (Å²) >= 11 is 0. The number of carbonyl (C=O) groups is 4. The highest BCUT2D eigenvalue weighted by Gasteiger charge is 2.51. The fraction of sp³-hybridized carbons (Fsp3) is 0.467. The molecule has 1 aliphatic heterocycles. The van der Waals surface area contributed by atoms with Crippen LogP contribution in [0.3, 0.4) is 0 Å². The summed E-state index contributed by atoms with van der Waals surface area (Å²) in [6, 6.07) is 2.80. The standard InChI is InChI=1S/C30H35NO18P2/c1-11-25(35)14(31-18(34)7-20(50(41,42)43)51(44,45)46)6-19(48-11)49-16-9-30(40,17(33)10-32)8-13-22(16)29(39)24-23(27(13)37)26(36)12-4-3-5-15(47-2)21(12)28(24)38/h3-5,11,14,16,19-20,25,32,35,37,39-40H,6-10H2,1-2H3,(H,31,34)(H2,41,42,43)(H2,44,45,46)/t11-,14+,16-,19-,25+,30-/m0/s1. The van der Waals surface area contributed by atoms with E-state index in [0.717, 1.165) is 0 Å². The smallest absolute Gasteiger partial charge is 0.341 e. The number of carbonyl (C=O) groups excluding carboxylic acids is 4. The quantitative estimate of drug-likeness (QED) is 0.0896. The van der Waals surface area contributed by atoms with E-state index in [1.807, 2.05) is 0 Å². The second-order valence-electron chi connectivity index (χ2n) is 12.5. The molecule has 2 aromatic rings. The molecule has 0 aromatic heterocycles. The molecule has 1 amide bonds. The summed E-state index contributed by atoms with van der Waals surface area (Å²) in [6.45, 7) is 0.172. The van der Waals surface area contributed by atoms with Crippen LogP contribution in [0.15, 0.2) is 18.2 Å². The van der Waals surface area contributed by atoms with Gasteiger partial charge in [-0.3, -0.25) is 28.3 Å². The lowest BCUT2D eigenvalue weighted by Crippen LogP contribution is -2.56. The minimum atomic E-state index is -5.47. The number of ketones is 3. The highest BCUT2D eigenvalue weighted by molar-refractivity contribution is 7.70. The number of hydrogen-bond donors (Lipinski definition) is 10. The molecule has 1 saturated heterocycles. The number of nitrogens with one attached hydrogen (secondary N) is 1. The molecule has 6 atom stereocenters. The number of aliphatic hydroxyl groups excluding tert-OH is 2. The van der Waals surface area contributed by atoms with E-state index in [1.54, 1.807) is 0 Å². The van der Waals surface area contributed by atoms with Crippen LogP contribution in [0, 0.1) is 0 Å². The second-order valence-corrected chi connectivity index (χ2v) is 16.5. The minimum absolute atomic E-state index is 0.00650. The third-order valence-corrected chi connectivity index (χ3v) is 13.0. The third-order valence-electron chi connectivity index (χ3n) is 9.25. The average molecular weight is 760 g/mol. The molecular formula is C30H35NO18P2. The zero-order valence-corrected chi connectivity index (χ0v) is 28.6. The predicted octanol–water partition coefficient (Wildman–Crippen LogP) is -0.770. The van der Waals surface area contributed by atoms with E-state index in [-0.39, 0.29) is 28.0 Å². The molecule has 1 fully saturated rings. The molecular weight excluding hydrogens is 724 g/mol. The van der Waals surface area contributed by atoms with E-state index in [2.05, 4.69) is 5.32 Å². The van der Waals surface area contributed by atoms with Gasteiger partial charge in [0.15, 0.2) is 23.3 Å². The molecule has 0 unspecified atom stereocenters. The molecule has 51 heavy (non-hydrogen) atoms. The van der Waals surface area contributed by atoms with E-state index in [1.165, 1.54) is 32.2 Å². The normalized spacial score (nSPS) is 26.3. The summed E-state index contributed by atoms with van der Waals surface area (Å²) in [5.41, 5.74) is -4.75. The van der Waals surface area contributed by atoms with Gasteiger partial charge in [0.2, 0.25) is 11.7 Å². The number of amides is 1. The summed E-state index contributed by atoms with van der Waals surface area (Å²) in [5.74, 6) is -5.88. The highest BCUT2D eigenvalue weighted by atomic mass is 31.2. The van der Waals surface area contributed by atoms with E-state index in [9.17, 15) is 73.4 Å². The molecule has 0 bridgehead atoms. The van der Waals surface area contributed by atoms with Crippen LogP contribution >= 0.6 is 15.2 Å². The molecule has 278 valence electrons. The maximum atomic E-state index is 13.8. The number of ether oxygens (including phenoxy) is 3. The third kappa shape index (κ3) is 7.00. The highest BCUT2D eigenvalue weighted by Crippen LogP contribution is 2.61. The Labute approximate surface area is 288 Å². The monoisotopic (exact) mass is 759 g/mol. The molecule has 19 nitrogen and oxygen atoms in total. The molecule has 2 aromatic carbocycles. The molecule has 21 heteroatoms. The van der Waals surface area contributed by atoms with Gasteiger partial charge in [0.25, 0.3) is 0 Å². The molecule has 5 rings (SSSR count). The van der Waals surface area contributed by atoms with Crippen LogP contribution in [0.25, 0.3) is 0 Å². The van der Waals surface area contributed by atoms with Crippen molar-refractivity contribution in [1.82, 2.24) is 5.32 Å². The average Bonchev–Trinajstić information content (AvgIpc) is 3.04. The Kier molecular flexibility index (Phi) is 10.4. The van der Waals surface area contributed by atoms with Gasteiger partial charge < -0.3 is 64.6 Å². The summed E-state index contributed by atoms with van der Waals surface area (Å²) in [6.07, 6.45) is -9.03. The van der Waals surface area contributed by atoms with Crippen molar-refractivity contribution < 1.29 is 87.6 Å². The molecule has 10 N–H and O–H groups in total. The van der Waals surface area contributed by atoms with Crippen molar-refractivity contribution in [3.63, 3.8) is 0 Å². The molecule has 0 saturated carbocycles. The largest absolute Gasteiger partial charge is 0.507 e. The van der Waals surface area contributed by atoms with Crippen LogP contribution in [0.2, 0.25) is 0 Å². The molecule has 1 heterocycles. The Morgan fingerprint density at radius 2 is 1.67 bits per heavy atom. The van der Waals surface area contributed by atoms with Crippen molar-refractivity contribution in [2.24, 2.45) is 0 Å². The van der Waals surface area contributed by atoms with Gasteiger partial charge in [-0.1, -0.05) is 12.1 Å². The van der Waals surface area contributed by atoms with Crippen LogP contribution < -0.4 is 10.1 Å². The van der Waals surface area contributed by atoms with Gasteiger partial charge in [0.05, 0.1) is 48.5 Å². The van der Waals surface area contributed by atoms with Gasteiger partial charge >= 0.3 is 15.2 Å². The number of phenols is 2. The topological polar surface area (TPSA) is 324 Å². The van der Waals surface area contributed by atoms with Crippen molar-refractivity contribution in [2.45, 2.75) is 74.3 Å². The van der Waals surface area contributed by atoms with Gasteiger partial charge in [-0.15, -0.1) is 0 Å². The fourth-order valence-corrected chi connectivity index (χ4v) is 9.10. The van der Waals surface area contributed by atoms with E-state index >= 15 is 0 Å². The fourth-order valence-electron chi connectivity index (χ4n) is 6.72. The zero-order chi connectivity index (χ0) is 38.0. The number of methoxy groups -OCH3 is 1. The van der Waals surface area contributed by atoms with Crippen LogP contribution in [0.5, 0.6) is 17.2 Å². The second kappa shape index (κ2) is 13.8. The first-order valence-corrected chi connectivity index (χ1v) is 18.6. The molecule has 3 aliphatic rings. The first kappa shape index (κ1) is 38.6. The van der Waals surface area contributed by atoms with E-state index < -0.39 is 135 Å². The predicted molar refractivity (Wildman–Crippen MR) is 168 cm³/mol. The van der Waals surface area contributed by atoms with Crippen LogP contribution in [-0.4, -0.2) is 118 Å². The number of Topliss-reactive ketones (excluding diaryl/α,β-unsaturated/α-hetero) is 1. The number of hydrogen-bond acceptors (Lipinski definition) is 14. The van der Waals surface area contributed by atoms with Gasteiger partial charge in [-0.25, -0.2) is 0 Å². The maximum absolute atomic E-state index is 13.8. The molecule has 0 spiro atoms.